The number of aromatic hydroxyl groups is 1. The minimum atomic E-state index is -4.32. The van der Waals surface area contributed by atoms with Crippen LogP contribution in [0.3, 0.4) is 0 Å². The molecule has 0 saturated heterocycles. The van der Waals surface area contributed by atoms with Crippen LogP contribution in [0.15, 0.2) is 46.2 Å². The second-order valence-electron chi connectivity index (χ2n) is 6.20. The molecule has 31 heavy (non-hydrogen) atoms. The van der Waals surface area contributed by atoms with E-state index in [1.54, 1.807) is 20.8 Å². The summed E-state index contributed by atoms with van der Waals surface area (Å²) >= 11 is 0. The van der Waals surface area contributed by atoms with Crippen molar-refractivity contribution in [2.75, 3.05) is 24.4 Å². The molecule has 0 heterocycles. The first-order valence-corrected chi connectivity index (χ1v) is 12.2. The number of nitro groups is 1. The Kier molecular flexibility index (Phi) is 7.46. The van der Waals surface area contributed by atoms with Crippen molar-refractivity contribution in [1.82, 2.24) is 4.31 Å². The van der Waals surface area contributed by atoms with Crippen LogP contribution in [0.25, 0.3) is 0 Å². The van der Waals surface area contributed by atoms with Crippen LogP contribution in [0.4, 0.5) is 11.4 Å². The van der Waals surface area contributed by atoms with Crippen LogP contribution in [0.5, 0.6) is 11.5 Å². The van der Waals surface area contributed by atoms with Crippen molar-refractivity contribution in [2.45, 2.75) is 30.6 Å². The second kappa shape index (κ2) is 9.49. The molecule has 170 valence electrons. The second-order valence-corrected chi connectivity index (χ2v) is 9.79. The number of sulfonamides is 2. The zero-order valence-corrected chi connectivity index (χ0v) is 18.7. The lowest BCUT2D eigenvalue weighted by Crippen LogP contribution is -2.31. The quantitative estimate of drug-likeness (QED) is 0.394. The van der Waals surface area contributed by atoms with Crippen molar-refractivity contribution in [2.24, 2.45) is 0 Å². The van der Waals surface area contributed by atoms with Gasteiger partial charge in [0, 0.05) is 19.2 Å². The molecule has 2 aromatic rings. The maximum absolute atomic E-state index is 13.0. The largest absolute Gasteiger partial charge is 0.502 e. The van der Waals surface area contributed by atoms with Crippen molar-refractivity contribution >= 4 is 31.4 Å². The van der Waals surface area contributed by atoms with Crippen LogP contribution >= 0.6 is 0 Å². The first kappa shape index (κ1) is 24.4. The molecule has 0 saturated carbocycles. The molecule has 2 N–H and O–H groups in total. The van der Waals surface area contributed by atoms with E-state index in [2.05, 4.69) is 4.72 Å². The molecule has 0 aliphatic heterocycles. The maximum Gasteiger partial charge on any atom is 0.312 e. The third-order valence-electron chi connectivity index (χ3n) is 4.27. The van der Waals surface area contributed by atoms with E-state index in [0.717, 1.165) is 18.2 Å². The highest BCUT2D eigenvalue weighted by molar-refractivity contribution is 7.92. The Balaban J connectivity index is 2.53. The number of nitrogens with one attached hydrogen (secondary N) is 1. The fourth-order valence-corrected chi connectivity index (χ4v) is 5.47. The minimum Gasteiger partial charge on any atom is -0.502 e. The van der Waals surface area contributed by atoms with Crippen molar-refractivity contribution < 1.29 is 31.6 Å². The van der Waals surface area contributed by atoms with E-state index in [1.807, 2.05) is 0 Å². The van der Waals surface area contributed by atoms with Gasteiger partial charge in [0.1, 0.15) is 10.6 Å². The van der Waals surface area contributed by atoms with Crippen molar-refractivity contribution in [1.29, 1.82) is 0 Å². The molecule has 0 amide bonds. The summed E-state index contributed by atoms with van der Waals surface area (Å²) in [5.74, 6) is -0.616. The van der Waals surface area contributed by atoms with Crippen LogP contribution in [0, 0.1) is 10.1 Å². The van der Waals surface area contributed by atoms with Gasteiger partial charge in [0.15, 0.2) is 5.75 Å². The van der Waals surface area contributed by atoms with Crippen LogP contribution in [0.1, 0.15) is 20.8 Å². The summed E-state index contributed by atoms with van der Waals surface area (Å²) in [5, 5.41) is 20.5. The summed E-state index contributed by atoms with van der Waals surface area (Å²) in [6.45, 7) is 5.64. The summed E-state index contributed by atoms with van der Waals surface area (Å²) in [7, 11) is -8.29. The first-order chi connectivity index (χ1) is 14.5. The molecule has 0 unspecified atom stereocenters. The van der Waals surface area contributed by atoms with E-state index >= 15 is 0 Å². The molecule has 0 atom stereocenters. The third kappa shape index (κ3) is 5.24. The molecule has 0 aliphatic carbocycles. The monoisotopic (exact) mass is 473 g/mol. The summed E-state index contributed by atoms with van der Waals surface area (Å²) in [5.41, 5.74) is -0.857. The van der Waals surface area contributed by atoms with Gasteiger partial charge in [-0.05, 0) is 37.3 Å². The van der Waals surface area contributed by atoms with Crippen molar-refractivity contribution in [3.8, 4) is 11.5 Å². The Morgan fingerprint density at radius 2 is 1.71 bits per heavy atom. The standard InChI is InChI=1S/C18H23N3O8S2/c1-4-20(5-2)31(27,28)18-11-13(7-10-17(18)29-6-3)19-30(25,26)14-8-9-16(22)15(12-14)21(23)24/h7-12,19,22H,4-6H2,1-3H3. The van der Waals surface area contributed by atoms with E-state index in [1.165, 1.54) is 16.4 Å². The van der Waals surface area contributed by atoms with Crippen LogP contribution in [0.2, 0.25) is 0 Å². The Morgan fingerprint density at radius 1 is 1.06 bits per heavy atom. The number of ether oxygens (including phenoxy) is 1. The van der Waals surface area contributed by atoms with Gasteiger partial charge in [0.05, 0.1) is 22.1 Å². The van der Waals surface area contributed by atoms with Crippen LogP contribution in [-0.2, 0) is 20.0 Å². The summed E-state index contributed by atoms with van der Waals surface area (Å²) in [6, 6.07) is 6.37. The zero-order chi connectivity index (χ0) is 23.4. The number of hydrogen-bond donors (Lipinski definition) is 2. The average molecular weight is 474 g/mol. The molecular formula is C18H23N3O8S2. The Labute approximate surface area is 180 Å². The van der Waals surface area contributed by atoms with Gasteiger partial charge in [-0.15, -0.1) is 0 Å². The molecule has 2 aromatic carbocycles. The van der Waals surface area contributed by atoms with E-state index in [-0.39, 0.29) is 36.0 Å². The van der Waals surface area contributed by atoms with Crippen LogP contribution < -0.4 is 9.46 Å². The molecule has 2 rings (SSSR count). The highest BCUT2D eigenvalue weighted by Crippen LogP contribution is 2.32. The number of rotatable bonds is 10. The molecule has 13 heteroatoms. The van der Waals surface area contributed by atoms with E-state index < -0.39 is 41.3 Å². The summed E-state index contributed by atoms with van der Waals surface area (Å²) in [6.07, 6.45) is 0. The van der Waals surface area contributed by atoms with Gasteiger partial charge in [0.2, 0.25) is 10.0 Å². The molecule has 0 aliphatic rings. The minimum absolute atomic E-state index is 0.0672. The number of hydrogen-bond acceptors (Lipinski definition) is 8. The molecule has 0 radical (unpaired) electrons. The number of anilines is 1. The Bertz CT molecular complexity index is 1180. The van der Waals surface area contributed by atoms with Gasteiger partial charge in [-0.25, -0.2) is 16.8 Å². The smallest absolute Gasteiger partial charge is 0.312 e. The maximum atomic E-state index is 13.0. The predicted molar refractivity (Wildman–Crippen MR) is 113 cm³/mol. The molecule has 11 nitrogen and oxygen atoms in total. The van der Waals surface area contributed by atoms with Gasteiger partial charge in [-0.2, -0.15) is 4.31 Å². The third-order valence-corrected chi connectivity index (χ3v) is 7.72. The van der Waals surface area contributed by atoms with Gasteiger partial charge < -0.3 is 9.84 Å². The number of phenols is 1. The molecular weight excluding hydrogens is 450 g/mol. The lowest BCUT2D eigenvalue weighted by atomic mass is 10.3. The summed E-state index contributed by atoms with van der Waals surface area (Å²) in [4.78, 5) is 9.38. The number of nitrogens with zero attached hydrogens (tertiary/aromatic N) is 2. The highest BCUT2D eigenvalue weighted by Gasteiger charge is 2.27. The fraction of sp³-hybridized carbons (Fsp3) is 0.333. The van der Waals surface area contributed by atoms with Crippen molar-refractivity contribution in [3.05, 3.63) is 46.5 Å². The average Bonchev–Trinajstić information content (AvgIpc) is 2.69. The van der Waals surface area contributed by atoms with Gasteiger partial charge in [0.25, 0.3) is 10.0 Å². The van der Waals surface area contributed by atoms with Gasteiger partial charge >= 0.3 is 5.69 Å². The van der Waals surface area contributed by atoms with E-state index in [4.69, 9.17) is 4.74 Å². The zero-order valence-electron chi connectivity index (χ0n) is 17.1. The van der Waals surface area contributed by atoms with E-state index in [9.17, 15) is 32.1 Å². The lowest BCUT2D eigenvalue weighted by Gasteiger charge is -2.21. The summed E-state index contributed by atoms with van der Waals surface area (Å²) < 4.78 is 60.2. The predicted octanol–water partition coefficient (Wildman–Crippen LogP) is 2.53. The Hall–Kier alpha value is -2.90. The first-order valence-electron chi connectivity index (χ1n) is 9.25. The number of phenolic OH excluding ortho intramolecular Hbond substituents is 1. The molecule has 0 aromatic heterocycles. The highest BCUT2D eigenvalue weighted by atomic mass is 32.2. The SMILES string of the molecule is CCOc1ccc(NS(=O)(=O)c2ccc(O)c([N+](=O)[O-])c2)cc1S(=O)(=O)N(CC)CC. The lowest BCUT2D eigenvalue weighted by molar-refractivity contribution is -0.386. The van der Waals surface area contributed by atoms with Crippen molar-refractivity contribution in [3.63, 3.8) is 0 Å². The van der Waals surface area contributed by atoms with Crippen LogP contribution in [-0.4, -0.2) is 50.9 Å². The topological polar surface area (TPSA) is 156 Å². The Morgan fingerprint density at radius 3 is 2.26 bits per heavy atom. The van der Waals surface area contributed by atoms with Gasteiger partial charge in [-0.1, -0.05) is 13.8 Å². The molecule has 0 spiro atoms. The number of nitro benzene ring substituents is 1. The normalized spacial score (nSPS) is 12.0. The molecule has 0 fully saturated rings. The number of benzene rings is 2. The van der Waals surface area contributed by atoms with Gasteiger partial charge in [-0.3, -0.25) is 14.8 Å². The molecule has 0 bridgehead atoms. The van der Waals surface area contributed by atoms with E-state index in [0.29, 0.717) is 6.07 Å². The fourth-order valence-electron chi connectivity index (χ4n) is 2.78.